The summed E-state index contributed by atoms with van der Waals surface area (Å²) in [6.07, 6.45) is 6.05. The molecule has 0 spiro atoms. The molecule has 164 valence electrons. The van der Waals surface area contributed by atoms with Crippen molar-refractivity contribution >= 4 is 21.4 Å². The van der Waals surface area contributed by atoms with Gasteiger partial charge in [0.25, 0.3) is 0 Å². The van der Waals surface area contributed by atoms with E-state index in [0.29, 0.717) is 43.4 Å². The molecule has 6 rings (SSSR count). The second kappa shape index (κ2) is 7.50. The second-order valence-electron chi connectivity index (χ2n) is 9.00. The van der Waals surface area contributed by atoms with Crippen LogP contribution in [0.5, 0.6) is 0 Å². The summed E-state index contributed by atoms with van der Waals surface area (Å²) in [6, 6.07) is 14.9. The molecule has 0 N–H and O–H groups in total. The number of morpholine rings is 1. The topological polar surface area (TPSA) is 53.1 Å². The van der Waals surface area contributed by atoms with Gasteiger partial charge in [0.05, 0.1) is 35.5 Å². The van der Waals surface area contributed by atoms with Crippen molar-refractivity contribution in [2.24, 2.45) is 0 Å². The highest BCUT2D eigenvalue weighted by atomic mass is 32.2. The van der Waals surface area contributed by atoms with Crippen molar-refractivity contribution < 1.29 is 13.2 Å². The van der Waals surface area contributed by atoms with E-state index in [4.69, 9.17) is 4.74 Å². The highest BCUT2D eigenvalue weighted by Crippen LogP contribution is 2.51. The van der Waals surface area contributed by atoms with Gasteiger partial charge in [-0.25, -0.2) is 8.42 Å². The van der Waals surface area contributed by atoms with Crippen LogP contribution in [0.2, 0.25) is 0 Å². The third-order valence-corrected chi connectivity index (χ3v) is 9.25. The fourth-order valence-electron chi connectivity index (χ4n) is 5.92. The largest absolute Gasteiger partial charge is 0.379 e. The Balaban J connectivity index is 1.44. The zero-order chi connectivity index (χ0) is 21.0. The summed E-state index contributed by atoms with van der Waals surface area (Å²) >= 11 is 0. The number of rotatable bonds is 3. The van der Waals surface area contributed by atoms with Crippen LogP contribution in [0.25, 0.3) is 0 Å². The number of sulfonamides is 1. The van der Waals surface area contributed by atoms with Crippen molar-refractivity contribution in [3.05, 3.63) is 53.6 Å². The van der Waals surface area contributed by atoms with Crippen LogP contribution in [-0.2, 0) is 21.2 Å². The summed E-state index contributed by atoms with van der Waals surface area (Å²) in [7, 11) is -3.51. The Bertz CT molecular complexity index is 1100. The molecule has 0 saturated carbocycles. The predicted molar refractivity (Wildman–Crippen MR) is 121 cm³/mol. The van der Waals surface area contributed by atoms with Gasteiger partial charge in [-0.05, 0) is 61.4 Å². The van der Waals surface area contributed by atoms with Crippen LogP contribution in [0.15, 0.2) is 47.4 Å². The molecule has 0 amide bonds. The van der Waals surface area contributed by atoms with Crippen LogP contribution >= 0.6 is 0 Å². The highest BCUT2D eigenvalue weighted by Gasteiger charge is 2.44. The zero-order valence-electron chi connectivity index (χ0n) is 17.7. The number of benzene rings is 2. The van der Waals surface area contributed by atoms with Gasteiger partial charge in [-0.1, -0.05) is 24.3 Å². The smallest absolute Gasteiger partial charge is 0.243 e. The molecule has 4 aliphatic rings. The molecule has 7 heteroatoms. The third kappa shape index (κ3) is 3.09. The number of hydrogen-bond donors (Lipinski definition) is 0. The predicted octanol–water partition coefficient (Wildman–Crippen LogP) is 3.53. The Morgan fingerprint density at radius 3 is 2.61 bits per heavy atom. The van der Waals surface area contributed by atoms with E-state index < -0.39 is 10.0 Å². The fourth-order valence-corrected chi connectivity index (χ4v) is 7.35. The number of hydrogen-bond acceptors (Lipinski definition) is 5. The summed E-state index contributed by atoms with van der Waals surface area (Å²) < 4.78 is 33.6. The minimum absolute atomic E-state index is 0.304. The highest BCUT2D eigenvalue weighted by molar-refractivity contribution is 7.89. The molecule has 2 aromatic carbocycles. The van der Waals surface area contributed by atoms with Gasteiger partial charge in [0.15, 0.2) is 0 Å². The number of aryl methyl sites for hydroxylation is 1. The minimum atomic E-state index is -3.51. The Morgan fingerprint density at radius 1 is 0.903 bits per heavy atom. The average molecular weight is 440 g/mol. The standard InChI is InChI=1S/C24H29N3O3S/c28-31(29,25-13-15-30-16-14-25)19-10-11-22-23(17-19)27(24-9-4-12-26(22)24)21-8-3-6-18-5-1-2-7-20(18)21/h1-2,5,7,10-11,17,21,24H,3-4,6,8-9,12-16H2. The summed E-state index contributed by atoms with van der Waals surface area (Å²) in [5.74, 6) is 0. The minimum Gasteiger partial charge on any atom is -0.379 e. The van der Waals surface area contributed by atoms with Crippen LogP contribution in [-0.4, -0.2) is 51.7 Å². The molecule has 6 nitrogen and oxygen atoms in total. The van der Waals surface area contributed by atoms with Crippen molar-refractivity contribution in [1.29, 1.82) is 0 Å². The van der Waals surface area contributed by atoms with Crippen molar-refractivity contribution in [3.63, 3.8) is 0 Å². The molecule has 3 aliphatic heterocycles. The molecule has 0 aromatic heterocycles. The van der Waals surface area contributed by atoms with Crippen molar-refractivity contribution in [3.8, 4) is 0 Å². The van der Waals surface area contributed by atoms with Gasteiger partial charge in [0.1, 0.15) is 6.17 Å². The van der Waals surface area contributed by atoms with Crippen LogP contribution < -0.4 is 9.80 Å². The molecular formula is C24H29N3O3S. The lowest BCUT2D eigenvalue weighted by atomic mass is 9.86. The first kappa shape index (κ1) is 19.6. The molecule has 31 heavy (non-hydrogen) atoms. The molecular weight excluding hydrogens is 410 g/mol. The van der Waals surface area contributed by atoms with Gasteiger partial charge in [-0.15, -0.1) is 0 Å². The SMILES string of the molecule is O=S(=O)(c1ccc2c(c1)N(C1CCCc3ccccc31)C1CCCN21)N1CCOCC1. The molecule has 1 aliphatic carbocycles. The average Bonchev–Trinajstić information content (AvgIpc) is 3.40. The van der Waals surface area contributed by atoms with E-state index >= 15 is 0 Å². The van der Waals surface area contributed by atoms with E-state index in [1.54, 1.807) is 10.4 Å². The number of anilines is 2. The maximum absolute atomic E-state index is 13.4. The van der Waals surface area contributed by atoms with E-state index in [1.165, 1.54) is 29.7 Å². The number of fused-ring (bicyclic) bond motifs is 4. The summed E-state index contributed by atoms with van der Waals surface area (Å²) in [6.45, 7) is 2.82. The van der Waals surface area contributed by atoms with Gasteiger partial charge in [-0.2, -0.15) is 4.31 Å². The Hall–Kier alpha value is -2.09. The van der Waals surface area contributed by atoms with Gasteiger partial charge < -0.3 is 14.5 Å². The van der Waals surface area contributed by atoms with E-state index in [0.717, 1.165) is 31.5 Å². The van der Waals surface area contributed by atoms with Gasteiger partial charge in [0.2, 0.25) is 10.0 Å². The van der Waals surface area contributed by atoms with Crippen LogP contribution in [0, 0.1) is 0 Å². The monoisotopic (exact) mass is 439 g/mol. The van der Waals surface area contributed by atoms with Crippen molar-refractivity contribution in [2.75, 3.05) is 42.6 Å². The Kier molecular flexibility index (Phi) is 4.74. The maximum Gasteiger partial charge on any atom is 0.243 e. The fraction of sp³-hybridized carbons (Fsp3) is 0.500. The lowest BCUT2D eigenvalue weighted by Crippen LogP contribution is -2.42. The zero-order valence-corrected chi connectivity index (χ0v) is 18.6. The first-order valence-corrected chi connectivity index (χ1v) is 12.9. The van der Waals surface area contributed by atoms with Crippen LogP contribution in [0.1, 0.15) is 42.9 Å². The third-order valence-electron chi connectivity index (χ3n) is 7.36. The first-order chi connectivity index (χ1) is 15.1. The molecule has 2 saturated heterocycles. The van der Waals surface area contributed by atoms with E-state index in [1.807, 2.05) is 12.1 Å². The lowest BCUT2D eigenvalue weighted by molar-refractivity contribution is 0.0730. The Labute approximate surface area is 184 Å². The molecule has 2 unspecified atom stereocenters. The molecule has 2 fully saturated rings. The number of ether oxygens (including phenoxy) is 1. The molecule has 0 radical (unpaired) electrons. The van der Waals surface area contributed by atoms with Gasteiger partial charge >= 0.3 is 0 Å². The van der Waals surface area contributed by atoms with Crippen molar-refractivity contribution in [1.82, 2.24) is 4.31 Å². The van der Waals surface area contributed by atoms with E-state index in [9.17, 15) is 8.42 Å². The first-order valence-electron chi connectivity index (χ1n) is 11.5. The molecule has 2 atom stereocenters. The lowest BCUT2D eigenvalue weighted by Gasteiger charge is -2.38. The summed E-state index contributed by atoms with van der Waals surface area (Å²) in [4.78, 5) is 5.43. The number of nitrogens with zero attached hydrogens (tertiary/aromatic N) is 3. The maximum atomic E-state index is 13.4. The van der Waals surface area contributed by atoms with Gasteiger partial charge in [0, 0.05) is 19.6 Å². The van der Waals surface area contributed by atoms with E-state index in [2.05, 4.69) is 34.1 Å². The normalized spacial score (nSPS) is 25.9. The van der Waals surface area contributed by atoms with Crippen molar-refractivity contribution in [2.45, 2.75) is 49.2 Å². The van der Waals surface area contributed by atoms with Crippen LogP contribution in [0.4, 0.5) is 11.4 Å². The van der Waals surface area contributed by atoms with Gasteiger partial charge in [-0.3, -0.25) is 0 Å². The molecule has 0 bridgehead atoms. The summed E-state index contributed by atoms with van der Waals surface area (Å²) in [5, 5.41) is 0. The van der Waals surface area contributed by atoms with Crippen LogP contribution in [0.3, 0.4) is 0 Å². The molecule has 2 aromatic rings. The summed E-state index contributed by atoms with van der Waals surface area (Å²) in [5.41, 5.74) is 5.12. The van der Waals surface area contributed by atoms with E-state index in [-0.39, 0.29) is 0 Å². The Morgan fingerprint density at radius 2 is 1.74 bits per heavy atom. The quantitative estimate of drug-likeness (QED) is 0.732. The molecule has 3 heterocycles. The second-order valence-corrected chi connectivity index (χ2v) is 10.9.